The second kappa shape index (κ2) is 18.6. The molecule has 3 aliphatic rings. The molecule has 3 fully saturated rings. The largest absolute Gasteiger partial charge is 0.312 e. The molecule has 0 bridgehead atoms. The van der Waals surface area contributed by atoms with Gasteiger partial charge in [-0.1, -0.05) is 20.3 Å². The highest BCUT2D eigenvalue weighted by Crippen LogP contribution is 2.05. The van der Waals surface area contributed by atoms with Crippen molar-refractivity contribution in [3.63, 3.8) is 0 Å². The highest BCUT2D eigenvalue weighted by atomic mass is 15.1. The van der Waals surface area contributed by atoms with Crippen LogP contribution in [0, 0.1) is 0 Å². The molecule has 0 aromatic rings. The first kappa shape index (κ1) is 27.1. The van der Waals surface area contributed by atoms with Gasteiger partial charge in [-0.15, -0.1) is 0 Å². The fourth-order valence-electron chi connectivity index (χ4n) is 2.98. The normalized spacial score (nSPS) is 21.7. The van der Waals surface area contributed by atoms with E-state index in [4.69, 9.17) is 0 Å². The molecule has 0 saturated carbocycles. The van der Waals surface area contributed by atoms with Crippen molar-refractivity contribution in [3.8, 4) is 0 Å². The summed E-state index contributed by atoms with van der Waals surface area (Å²) >= 11 is 0. The summed E-state index contributed by atoms with van der Waals surface area (Å²) in [7, 11) is 12.6. The summed E-state index contributed by atoms with van der Waals surface area (Å²) in [5, 5.41) is 0. The molecule has 25 heavy (non-hydrogen) atoms. The molecule has 3 aliphatic heterocycles. The van der Waals surface area contributed by atoms with Gasteiger partial charge < -0.3 is 19.6 Å². The van der Waals surface area contributed by atoms with Crippen molar-refractivity contribution in [1.82, 2.24) is 19.6 Å². The SMILES string of the molecule is C.CN(C)C.CN1CCCC1.CN1CCCCC1.CN1CCCCC1. The average molecular weight is 359 g/mol. The Morgan fingerprint density at radius 2 is 0.600 bits per heavy atom. The van der Waals surface area contributed by atoms with Gasteiger partial charge in [0.2, 0.25) is 0 Å². The molecule has 0 N–H and O–H groups in total. The zero-order valence-electron chi connectivity index (χ0n) is 17.7. The molecule has 3 heterocycles. The predicted octanol–water partition coefficient (Wildman–Crippen LogP) is 3.73. The van der Waals surface area contributed by atoms with E-state index in [-0.39, 0.29) is 7.43 Å². The Balaban J connectivity index is 0. The molecule has 0 spiro atoms. The third-order valence-corrected chi connectivity index (χ3v) is 4.49. The quantitative estimate of drug-likeness (QED) is 0.654. The number of hydrogen-bond donors (Lipinski definition) is 0. The van der Waals surface area contributed by atoms with Crippen molar-refractivity contribution in [2.75, 3.05) is 81.6 Å². The van der Waals surface area contributed by atoms with E-state index in [1.807, 2.05) is 26.0 Å². The second-order valence-electron chi connectivity index (χ2n) is 8.08. The molecule has 4 heteroatoms. The summed E-state index contributed by atoms with van der Waals surface area (Å²) in [6, 6.07) is 0. The minimum atomic E-state index is 0. The van der Waals surface area contributed by atoms with Crippen molar-refractivity contribution >= 4 is 0 Å². The second-order valence-corrected chi connectivity index (χ2v) is 8.08. The van der Waals surface area contributed by atoms with E-state index >= 15 is 0 Å². The highest BCUT2D eigenvalue weighted by molar-refractivity contribution is 4.60. The van der Waals surface area contributed by atoms with E-state index in [1.54, 1.807) is 0 Å². The molecule has 0 amide bonds. The van der Waals surface area contributed by atoms with Gasteiger partial charge in [0.05, 0.1) is 0 Å². The Kier molecular flexibility index (Phi) is 20.2. The molecule has 3 rings (SSSR count). The lowest BCUT2D eigenvalue weighted by Gasteiger charge is -2.20. The molecule has 4 nitrogen and oxygen atoms in total. The van der Waals surface area contributed by atoms with Gasteiger partial charge in [0.15, 0.2) is 0 Å². The van der Waals surface area contributed by atoms with Crippen molar-refractivity contribution in [1.29, 1.82) is 0 Å². The third-order valence-electron chi connectivity index (χ3n) is 4.49. The highest BCUT2D eigenvalue weighted by Gasteiger charge is 2.03. The van der Waals surface area contributed by atoms with Crippen LogP contribution in [0.4, 0.5) is 0 Å². The van der Waals surface area contributed by atoms with Crippen LogP contribution in [0.5, 0.6) is 0 Å². The molecule has 154 valence electrons. The lowest BCUT2D eigenvalue weighted by atomic mass is 10.1. The predicted molar refractivity (Wildman–Crippen MR) is 116 cm³/mol. The van der Waals surface area contributed by atoms with Crippen LogP contribution in [-0.4, -0.2) is 101 Å². The number of hydrogen-bond acceptors (Lipinski definition) is 4. The zero-order valence-corrected chi connectivity index (χ0v) is 17.7. The molecule has 0 aliphatic carbocycles. The molecular weight excluding hydrogens is 308 g/mol. The first-order chi connectivity index (χ1) is 11.4. The standard InChI is InChI=1S/2C6H13N.C5H11N.C3H9N.CH4/c2*1-7-5-3-2-4-6-7;1-6-4-2-3-5-6;1-4(2)3;/h2*2-6H2,1H3;2-5H2,1H3;1-3H3;1H4. The minimum Gasteiger partial charge on any atom is -0.312 e. The van der Waals surface area contributed by atoms with Gasteiger partial charge in [-0.2, -0.15) is 0 Å². The van der Waals surface area contributed by atoms with Gasteiger partial charge in [-0.3, -0.25) is 0 Å². The van der Waals surface area contributed by atoms with Crippen LogP contribution >= 0.6 is 0 Å². The maximum Gasteiger partial charge on any atom is -0.00213 e. The van der Waals surface area contributed by atoms with Gasteiger partial charge in [-0.25, -0.2) is 0 Å². The third kappa shape index (κ3) is 21.8. The Bertz CT molecular complexity index is 222. The van der Waals surface area contributed by atoms with E-state index in [0.717, 1.165) is 0 Å². The van der Waals surface area contributed by atoms with Crippen molar-refractivity contribution in [2.24, 2.45) is 0 Å². The van der Waals surface area contributed by atoms with Crippen molar-refractivity contribution in [2.45, 2.75) is 58.8 Å². The van der Waals surface area contributed by atoms with Crippen molar-refractivity contribution < 1.29 is 0 Å². The number of likely N-dealkylation sites (tertiary alicyclic amines) is 3. The minimum absolute atomic E-state index is 0. The molecule has 0 aromatic carbocycles. The van der Waals surface area contributed by atoms with E-state index in [9.17, 15) is 0 Å². The lowest BCUT2D eigenvalue weighted by Crippen LogP contribution is -2.24. The van der Waals surface area contributed by atoms with Gasteiger partial charge in [0.1, 0.15) is 0 Å². The van der Waals surface area contributed by atoms with Crippen LogP contribution in [0.2, 0.25) is 0 Å². The van der Waals surface area contributed by atoms with E-state index in [2.05, 4.69) is 35.8 Å². The van der Waals surface area contributed by atoms with Crippen LogP contribution < -0.4 is 0 Å². The average Bonchev–Trinajstić information content (AvgIpc) is 3.01. The van der Waals surface area contributed by atoms with Crippen LogP contribution in [-0.2, 0) is 0 Å². The van der Waals surface area contributed by atoms with Crippen molar-refractivity contribution in [3.05, 3.63) is 0 Å². The maximum atomic E-state index is 2.39. The molecular formula is C21H50N4. The fraction of sp³-hybridized carbons (Fsp3) is 1.00. The molecule has 0 atom stereocenters. The first-order valence-electron chi connectivity index (χ1n) is 10.1. The van der Waals surface area contributed by atoms with Crippen LogP contribution in [0.25, 0.3) is 0 Å². The molecule has 0 aromatic heterocycles. The summed E-state index contributed by atoms with van der Waals surface area (Å²) in [5.74, 6) is 0. The fourth-order valence-corrected chi connectivity index (χ4v) is 2.98. The number of piperidine rings is 2. The number of nitrogens with zero attached hydrogens (tertiary/aromatic N) is 4. The molecule has 0 unspecified atom stereocenters. The Labute approximate surface area is 160 Å². The van der Waals surface area contributed by atoms with Gasteiger partial charge >= 0.3 is 0 Å². The number of rotatable bonds is 0. The monoisotopic (exact) mass is 358 g/mol. The Morgan fingerprint density at radius 3 is 0.680 bits per heavy atom. The summed E-state index contributed by atoms with van der Waals surface area (Å²) in [5.41, 5.74) is 0. The van der Waals surface area contributed by atoms with Gasteiger partial charge in [0.25, 0.3) is 0 Å². The van der Waals surface area contributed by atoms with E-state index in [0.29, 0.717) is 0 Å². The lowest BCUT2D eigenvalue weighted by molar-refractivity contribution is 0.277. The summed E-state index contributed by atoms with van der Waals surface area (Å²) in [4.78, 5) is 9.15. The van der Waals surface area contributed by atoms with Crippen LogP contribution in [0.1, 0.15) is 58.8 Å². The zero-order chi connectivity index (χ0) is 18.2. The summed E-state index contributed by atoms with van der Waals surface area (Å²) < 4.78 is 0. The Morgan fingerprint density at radius 1 is 0.440 bits per heavy atom. The summed E-state index contributed by atoms with van der Waals surface area (Å²) in [6.45, 7) is 7.92. The van der Waals surface area contributed by atoms with Crippen LogP contribution in [0.3, 0.4) is 0 Å². The van der Waals surface area contributed by atoms with Crippen LogP contribution in [0.15, 0.2) is 0 Å². The van der Waals surface area contributed by atoms with E-state index in [1.165, 1.54) is 90.6 Å². The topological polar surface area (TPSA) is 13.0 Å². The molecule has 3 saturated heterocycles. The van der Waals surface area contributed by atoms with Gasteiger partial charge in [0, 0.05) is 0 Å². The smallest absolute Gasteiger partial charge is 0.00213 e. The Hall–Kier alpha value is -0.160. The maximum absolute atomic E-state index is 2.39. The summed E-state index contributed by atoms with van der Waals surface area (Å²) in [6.07, 6.45) is 11.4. The van der Waals surface area contributed by atoms with Gasteiger partial charge in [-0.05, 0) is 120 Å². The molecule has 0 radical (unpaired) electrons. The first-order valence-corrected chi connectivity index (χ1v) is 10.1. The van der Waals surface area contributed by atoms with E-state index < -0.39 is 0 Å².